The molecule has 2 aliphatic rings. The molecule has 12 heteroatoms. The van der Waals surface area contributed by atoms with Crippen molar-refractivity contribution in [1.29, 1.82) is 0 Å². The van der Waals surface area contributed by atoms with Gasteiger partial charge < -0.3 is 40.2 Å². The van der Waals surface area contributed by atoms with Gasteiger partial charge in [0, 0.05) is 57.6 Å². The first-order chi connectivity index (χ1) is 21.2. The second-order valence-electron chi connectivity index (χ2n) is 11.9. The van der Waals surface area contributed by atoms with Crippen LogP contribution in [0.1, 0.15) is 40.5 Å². The number of rotatable bonds is 8. The first-order valence-electron chi connectivity index (χ1n) is 15.1. The number of nitrogens with zero attached hydrogens (tertiary/aromatic N) is 1. The van der Waals surface area contributed by atoms with E-state index in [2.05, 4.69) is 10.6 Å². The molecular weight excluding hydrogens is 580 g/mol. The number of hydrogen-bond acceptors (Lipinski definition) is 10. The fourth-order valence-corrected chi connectivity index (χ4v) is 5.54. The topological polar surface area (TPSA) is 159 Å². The number of ether oxygens (including phenoxy) is 4. The maximum Gasteiger partial charge on any atom is 0.405 e. The average Bonchev–Trinajstić information content (AvgIpc) is 2.97. The first-order valence-corrected chi connectivity index (χ1v) is 15.1. The van der Waals surface area contributed by atoms with Crippen molar-refractivity contribution in [2.45, 2.75) is 65.0 Å². The van der Waals surface area contributed by atoms with Gasteiger partial charge in [-0.2, -0.15) is 0 Å². The molecule has 6 atom stereocenters. The van der Waals surface area contributed by atoms with Gasteiger partial charge in [-0.05, 0) is 52.3 Å². The number of allylic oxidation sites excluding steroid dienone is 4. The molecule has 45 heavy (non-hydrogen) atoms. The van der Waals surface area contributed by atoms with Crippen molar-refractivity contribution in [2.75, 3.05) is 48.5 Å². The Bertz CT molecular complexity index is 1250. The van der Waals surface area contributed by atoms with E-state index >= 15 is 0 Å². The van der Waals surface area contributed by atoms with Crippen LogP contribution in [0, 0.1) is 11.8 Å². The summed E-state index contributed by atoms with van der Waals surface area (Å²) in [5, 5.41) is 5.78. The van der Waals surface area contributed by atoms with Crippen molar-refractivity contribution in [2.24, 2.45) is 17.6 Å². The zero-order valence-corrected chi connectivity index (χ0v) is 28.0. The molecule has 250 valence electrons. The van der Waals surface area contributed by atoms with Gasteiger partial charge in [0.15, 0.2) is 6.10 Å². The number of nitrogens with one attached hydrogen (secondary N) is 2. The Morgan fingerprint density at radius 1 is 1.09 bits per heavy atom. The number of primary amides is 1. The summed E-state index contributed by atoms with van der Waals surface area (Å²) in [5.74, 6) is -1.66. The van der Waals surface area contributed by atoms with E-state index in [4.69, 9.17) is 24.7 Å². The minimum absolute atomic E-state index is 0.0868. The molecule has 0 spiro atoms. The molecule has 4 N–H and O–H groups in total. The van der Waals surface area contributed by atoms with Crippen molar-refractivity contribution in [3.05, 3.63) is 58.5 Å². The van der Waals surface area contributed by atoms with Gasteiger partial charge in [0.1, 0.15) is 6.10 Å². The van der Waals surface area contributed by atoms with Crippen molar-refractivity contribution >= 4 is 23.6 Å². The number of ketones is 2. The summed E-state index contributed by atoms with van der Waals surface area (Å²) in [6.07, 6.45) is 5.27. The monoisotopic (exact) mass is 630 g/mol. The molecule has 2 bridgehead atoms. The summed E-state index contributed by atoms with van der Waals surface area (Å²) in [6.45, 7) is 8.44. The number of hydrogen-bond donors (Lipinski definition) is 3. The van der Waals surface area contributed by atoms with Crippen LogP contribution in [0.25, 0.3) is 0 Å². The van der Waals surface area contributed by atoms with Gasteiger partial charge in [0.05, 0.1) is 23.6 Å². The molecule has 0 aromatic heterocycles. The lowest BCUT2D eigenvalue weighted by Crippen LogP contribution is -2.39. The minimum Gasteiger partial charge on any atom is -0.439 e. The Labute approximate surface area is 266 Å². The summed E-state index contributed by atoms with van der Waals surface area (Å²) in [4.78, 5) is 54.0. The maximum atomic E-state index is 13.8. The molecular formula is C33H50N4O8. The van der Waals surface area contributed by atoms with Gasteiger partial charge >= 0.3 is 6.09 Å². The van der Waals surface area contributed by atoms with E-state index in [-0.39, 0.29) is 47.1 Å². The van der Waals surface area contributed by atoms with Crippen molar-refractivity contribution in [3.8, 4) is 0 Å². The van der Waals surface area contributed by atoms with Crippen molar-refractivity contribution < 1.29 is 38.1 Å². The van der Waals surface area contributed by atoms with E-state index in [0.29, 0.717) is 30.7 Å². The summed E-state index contributed by atoms with van der Waals surface area (Å²) in [7, 11) is 8.50. The Hall–Kier alpha value is -3.58. The lowest BCUT2D eigenvalue weighted by molar-refractivity contribution is -0.120. The van der Waals surface area contributed by atoms with Gasteiger partial charge in [-0.25, -0.2) is 4.79 Å². The zero-order chi connectivity index (χ0) is 33.8. The number of Topliss-reactive ketones (excluding diaryl/α,β-unsaturated/α-hetero) is 1. The summed E-state index contributed by atoms with van der Waals surface area (Å²) in [5.41, 5.74) is 6.82. The number of nitrogens with two attached hydrogens (primary N) is 1. The van der Waals surface area contributed by atoms with E-state index in [1.165, 1.54) is 19.3 Å². The Morgan fingerprint density at radius 2 is 1.78 bits per heavy atom. The summed E-state index contributed by atoms with van der Waals surface area (Å²) >= 11 is 0. The average molecular weight is 631 g/mol. The van der Waals surface area contributed by atoms with E-state index in [1.54, 1.807) is 33.3 Å². The highest BCUT2D eigenvalue weighted by molar-refractivity contribution is 6.23. The van der Waals surface area contributed by atoms with Crippen LogP contribution in [0.4, 0.5) is 4.79 Å². The SMILES string of the molecule is CO[C@H]1[C@@H](OC)C[C@H](C)CC2=C(NCCN(C)C)C(=O)C=C(NC(=O)/C(C)=C/C=C\[C@H](OC)[C@@H](OC(N)=O)/C(C)=C/[C@@H]1C)C2=O. The molecule has 2 amide bonds. The lowest BCUT2D eigenvalue weighted by Gasteiger charge is -2.32. The van der Waals surface area contributed by atoms with Crippen molar-refractivity contribution in [3.63, 3.8) is 0 Å². The smallest absolute Gasteiger partial charge is 0.405 e. The number of amides is 2. The second kappa shape index (κ2) is 17.8. The first kappa shape index (κ1) is 37.6. The van der Waals surface area contributed by atoms with Gasteiger partial charge in [-0.3, -0.25) is 14.4 Å². The van der Waals surface area contributed by atoms with Gasteiger partial charge in [-0.1, -0.05) is 38.2 Å². The fourth-order valence-electron chi connectivity index (χ4n) is 5.54. The molecule has 2 rings (SSSR count). The van der Waals surface area contributed by atoms with Crippen LogP contribution in [0.15, 0.2) is 58.5 Å². The standard InChI is InChI=1S/C33H50N4O8/c1-19-15-23-28(35-13-14-37(5)6)25(38)18-24(29(23)39)36-32(40)20(2)11-10-12-26(42-7)31(45-33(34)41)22(4)17-21(3)30(44-9)27(16-19)43-8/h10-12,17-19,21,26-27,30-31,35H,13-16H2,1-9H3,(H2,34,41)(H,36,40)/b12-10-,20-11+,22-17+/t19-,21+,26+,27+,30-,31+/m1/s1. The second-order valence-corrected chi connectivity index (χ2v) is 11.9. The molecule has 1 heterocycles. The number of likely N-dealkylation sites (N-methyl/N-ethyl adjacent to an activating group) is 1. The van der Waals surface area contributed by atoms with Crippen LogP contribution >= 0.6 is 0 Å². The van der Waals surface area contributed by atoms with E-state index in [9.17, 15) is 19.2 Å². The molecule has 0 unspecified atom stereocenters. The molecule has 0 aromatic rings. The highest BCUT2D eigenvalue weighted by Crippen LogP contribution is 2.29. The minimum atomic E-state index is -0.962. The van der Waals surface area contributed by atoms with Crippen molar-refractivity contribution in [1.82, 2.24) is 15.5 Å². The van der Waals surface area contributed by atoms with Gasteiger partial charge in [0.2, 0.25) is 11.6 Å². The summed E-state index contributed by atoms with van der Waals surface area (Å²) < 4.78 is 22.9. The molecule has 0 fully saturated rings. The van der Waals surface area contributed by atoms with E-state index in [1.807, 2.05) is 45.8 Å². The highest BCUT2D eigenvalue weighted by atomic mass is 16.6. The third-order valence-electron chi connectivity index (χ3n) is 7.89. The molecule has 0 aromatic carbocycles. The maximum absolute atomic E-state index is 13.8. The van der Waals surface area contributed by atoms with Gasteiger partial charge in [0.25, 0.3) is 5.91 Å². The van der Waals surface area contributed by atoms with Crippen LogP contribution in [-0.2, 0) is 33.3 Å². The lowest BCUT2D eigenvalue weighted by atomic mass is 9.85. The molecule has 0 saturated carbocycles. The van der Waals surface area contributed by atoms with Crippen LogP contribution in [0.2, 0.25) is 0 Å². The van der Waals surface area contributed by atoms with E-state index in [0.717, 1.165) is 0 Å². The predicted molar refractivity (Wildman–Crippen MR) is 171 cm³/mol. The van der Waals surface area contributed by atoms with Crippen LogP contribution < -0.4 is 16.4 Å². The third-order valence-corrected chi connectivity index (χ3v) is 7.89. The number of fused-ring (bicyclic) bond motifs is 2. The van der Waals surface area contributed by atoms with Crippen LogP contribution in [0.3, 0.4) is 0 Å². The summed E-state index contributed by atoms with van der Waals surface area (Å²) in [6, 6.07) is 0. The Kier molecular flexibility index (Phi) is 14.9. The third kappa shape index (κ3) is 10.8. The Balaban J connectivity index is 2.64. The van der Waals surface area contributed by atoms with Crippen LogP contribution in [-0.4, -0.2) is 101 Å². The molecule has 12 nitrogen and oxygen atoms in total. The Morgan fingerprint density at radius 3 is 2.36 bits per heavy atom. The largest absolute Gasteiger partial charge is 0.439 e. The van der Waals surface area contributed by atoms with Gasteiger partial charge in [-0.15, -0.1) is 0 Å². The molecule has 0 saturated heterocycles. The molecule has 1 aliphatic carbocycles. The normalized spacial score (nSPS) is 30.5. The van der Waals surface area contributed by atoms with Crippen LogP contribution in [0.5, 0.6) is 0 Å². The fraction of sp³-hybridized carbons (Fsp3) is 0.576. The number of carbonyl (C=O) groups is 4. The number of carbonyl (C=O) groups excluding carboxylic acids is 4. The predicted octanol–water partition coefficient (Wildman–Crippen LogP) is 2.57. The van der Waals surface area contributed by atoms with E-state index < -0.39 is 36.1 Å². The number of methoxy groups -OCH3 is 3. The quantitative estimate of drug-likeness (QED) is 0.269. The molecule has 1 aliphatic heterocycles. The molecule has 0 radical (unpaired) electrons. The highest BCUT2D eigenvalue weighted by Gasteiger charge is 2.34. The zero-order valence-electron chi connectivity index (χ0n) is 28.0.